The Hall–Kier alpha value is -0.590. The number of nitrogens with one attached hydrogen (secondary N) is 1. The molecule has 1 aliphatic carbocycles. The molecule has 0 saturated heterocycles. The maximum Gasteiger partial charge on any atom is 0.0945 e. The van der Waals surface area contributed by atoms with Gasteiger partial charge in [0.15, 0.2) is 0 Å². The predicted molar refractivity (Wildman–Crippen MR) is 95.5 cm³/mol. The van der Waals surface area contributed by atoms with Crippen LogP contribution < -0.4 is 5.32 Å². The molecule has 3 atom stereocenters. The third-order valence-corrected chi connectivity index (χ3v) is 4.60. The molecule has 21 heavy (non-hydrogen) atoms. The summed E-state index contributed by atoms with van der Waals surface area (Å²) in [5.41, 5.74) is 1.03. The van der Waals surface area contributed by atoms with E-state index in [-0.39, 0.29) is 0 Å². The van der Waals surface area contributed by atoms with Crippen LogP contribution in [0.3, 0.4) is 0 Å². The van der Waals surface area contributed by atoms with Crippen molar-refractivity contribution in [3.8, 4) is 0 Å². The molecule has 116 valence electrons. The van der Waals surface area contributed by atoms with Crippen LogP contribution in [0.1, 0.15) is 19.8 Å². The topological polar surface area (TPSA) is 41.5 Å². The third kappa shape index (κ3) is 5.96. The molecule has 0 spiro atoms. The molecular weight excluding hydrogens is 377 g/mol. The molecule has 0 bridgehead atoms. The maximum absolute atomic E-state index is 9.97. The summed E-state index contributed by atoms with van der Waals surface area (Å²) in [5.74, 6) is 1.27. The molecule has 2 rings (SSSR count). The van der Waals surface area contributed by atoms with Gasteiger partial charge in [-0.2, -0.15) is 0 Å². The molecule has 1 aromatic rings. The van der Waals surface area contributed by atoms with Gasteiger partial charge in [0.25, 0.3) is 0 Å². The van der Waals surface area contributed by atoms with Gasteiger partial charge in [-0.05, 0) is 65.5 Å². The van der Waals surface area contributed by atoms with Crippen molar-refractivity contribution in [2.75, 3.05) is 25.1 Å². The van der Waals surface area contributed by atoms with Crippen molar-refractivity contribution in [3.05, 3.63) is 40.0 Å². The van der Waals surface area contributed by atoms with Gasteiger partial charge >= 0.3 is 0 Å². The second-order valence-corrected chi connectivity index (χ2v) is 7.01. The van der Waals surface area contributed by atoms with Crippen LogP contribution in [0.2, 0.25) is 0 Å². The van der Waals surface area contributed by atoms with E-state index in [9.17, 15) is 5.11 Å². The molecule has 0 heterocycles. The molecule has 3 nitrogen and oxygen atoms in total. The van der Waals surface area contributed by atoms with E-state index in [1.165, 1.54) is 3.57 Å². The Kier molecular flexibility index (Phi) is 6.99. The van der Waals surface area contributed by atoms with Crippen LogP contribution in [0.4, 0.5) is 5.69 Å². The first-order valence-electron chi connectivity index (χ1n) is 7.55. The van der Waals surface area contributed by atoms with Gasteiger partial charge in [0.05, 0.1) is 19.3 Å². The highest BCUT2D eigenvalue weighted by Gasteiger charge is 2.18. The zero-order valence-electron chi connectivity index (χ0n) is 12.5. The monoisotopic (exact) mass is 401 g/mol. The Morgan fingerprint density at radius 2 is 2.19 bits per heavy atom. The van der Waals surface area contributed by atoms with E-state index in [1.54, 1.807) is 0 Å². The SMILES string of the molecule is CC1CC=CCC1COCC(O)CNc1cccc(I)c1. The summed E-state index contributed by atoms with van der Waals surface area (Å²) in [7, 11) is 0. The summed E-state index contributed by atoms with van der Waals surface area (Å²) >= 11 is 2.28. The van der Waals surface area contributed by atoms with Crippen molar-refractivity contribution in [3.63, 3.8) is 0 Å². The Balaban J connectivity index is 1.63. The zero-order chi connectivity index (χ0) is 15.1. The van der Waals surface area contributed by atoms with E-state index in [1.807, 2.05) is 18.2 Å². The van der Waals surface area contributed by atoms with Gasteiger partial charge in [-0.25, -0.2) is 0 Å². The molecule has 1 aliphatic rings. The number of anilines is 1. The number of aliphatic hydroxyl groups excluding tert-OH is 1. The Labute approximate surface area is 140 Å². The summed E-state index contributed by atoms with van der Waals surface area (Å²) in [6.07, 6.45) is 6.25. The predicted octanol–water partition coefficient (Wildman–Crippen LogP) is 3.68. The molecule has 4 heteroatoms. The molecule has 0 fully saturated rings. The fraction of sp³-hybridized carbons (Fsp3) is 0.529. The number of hydrogen-bond acceptors (Lipinski definition) is 3. The highest BCUT2D eigenvalue weighted by Crippen LogP contribution is 2.25. The lowest BCUT2D eigenvalue weighted by Gasteiger charge is -2.25. The average Bonchev–Trinajstić information content (AvgIpc) is 2.47. The molecule has 1 aromatic carbocycles. The fourth-order valence-electron chi connectivity index (χ4n) is 2.49. The van der Waals surface area contributed by atoms with E-state index in [4.69, 9.17) is 4.74 Å². The van der Waals surface area contributed by atoms with Crippen molar-refractivity contribution in [1.29, 1.82) is 0 Å². The Morgan fingerprint density at radius 3 is 2.95 bits per heavy atom. The molecule has 2 N–H and O–H groups in total. The molecule has 0 amide bonds. The molecule has 0 aliphatic heterocycles. The lowest BCUT2D eigenvalue weighted by atomic mass is 9.85. The highest BCUT2D eigenvalue weighted by molar-refractivity contribution is 14.1. The van der Waals surface area contributed by atoms with Crippen LogP contribution >= 0.6 is 22.6 Å². The van der Waals surface area contributed by atoms with Crippen LogP contribution in [0.5, 0.6) is 0 Å². The average molecular weight is 401 g/mol. The summed E-state index contributed by atoms with van der Waals surface area (Å²) < 4.78 is 6.88. The van der Waals surface area contributed by atoms with E-state index >= 15 is 0 Å². The Bertz CT molecular complexity index is 464. The molecule has 3 unspecified atom stereocenters. The summed E-state index contributed by atoms with van der Waals surface area (Å²) in [5, 5.41) is 13.2. The quantitative estimate of drug-likeness (QED) is 0.541. The van der Waals surface area contributed by atoms with Crippen LogP contribution in [0.25, 0.3) is 0 Å². The van der Waals surface area contributed by atoms with Crippen molar-refractivity contribution in [2.45, 2.75) is 25.9 Å². The van der Waals surface area contributed by atoms with Crippen molar-refractivity contribution < 1.29 is 9.84 Å². The first-order chi connectivity index (χ1) is 10.1. The van der Waals surface area contributed by atoms with Crippen molar-refractivity contribution in [1.82, 2.24) is 0 Å². The number of hydrogen-bond donors (Lipinski definition) is 2. The molecule has 0 aromatic heterocycles. The molecule has 0 saturated carbocycles. The minimum absolute atomic E-state index is 0.393. The third-order valence-electron chi connectivity index (χ3n) is 3.93. The van der Waals surface area contributed by atoms with Gasteiger partial charge < -0.3 is 15.2 Å². The van der Waals surface area contributed by atoms with E-state index in [0.717, 1.165) is 25.1 Å². The maximum atomic E-state index is 9.97. The summed E-state index contributed by atoms with van der Waals surface area (Å²) in [6.45, 7) is 3.92. The number of rotatable bonds is 7. The minimum Gasteiger partial charge on any atom is -0.389 e. The first-order valence-corrected chi connectivity index (χ1v) is 8.63. The first kappa shape index (κ1) is 16.8. The number of halogens is 1. The summed E-state index contributed by atoms with van der Waals surface area (Å²) in [4.78, 5) is 0. The van der Waals surface area contributed by atoms with Crippen LogP contribution in [-0.2, 0) is 4.74 Å². The minimum atomic E-state index is -0.475. The number of allylic oxidation sites excluding steroid dienone is 2. The second-order valence-electron chi connectivity index (χ2n) is 5.76. The van der Waals surface area contributed by atoms with E-state index < -0.39 is 6.10 Å². The van der Waals surface area contributed by atoms with E-state index in [2.05, 4.69) is 53.0 Å². The van der Waals surface area contributed by atoms with Gasteiger partial charge in [0, 0.05) is 15.8 Å². The highest BCUT2D eigenvalue weighted by atomic mass is 127. The lowest BCUT2D eigenvalue weighted by molar-refractivity contribution is 0.0175. The van der Waals surface area contributed by atoms with Crippen LogP contribution in [-0.4, -0.2) is 31.0 Å². The van der Waals surface area contributed by atoms with Crippen molar-refractivity contribution in [2.24, 2.45) is 11.8 Å². The molecular formula is C17H24INO2. The standard InChI is InChI=1S/C17H24INO2/c1-13-5-2-3-6-14(13)11-21-12-17(20)10-19-16-8-4-7-15(18)9-16/h2-4,7-9,13-14,17,19-20H,5-6,10-12H2,1H3. The van der Waals surface area contributed by atoms with E-state index in [0.29, 0.717) is 25.0 Å². The number of ether oxygens (including phenoxy) is 1. The van der Waals surface area contributed by atoms with Crippen LogP contribution in [0.15, 0.2) is 36.4 Å². The number of benzene rings is 1. The van der Waals surface area contributed by atoms with Gasteiger partial charge in [0.2, 0.25) is 0 Å². The fourth-order valence-corrected chi connectivity index (χ4v) is 3.03. The smallest absolute Gasteiger partial charge is 0.0945 e. The van der Waals surface area contributed by atoms with Crippen molar-refractivity contribution >= 4 is 28.3 Å². The largest absolute Gasteiger partial charge is 0.389 e. The normalized spacial score (nSPS) is 23.0. The van der Waals surface area contributed by atoms with Gasteiger partial charge in [-0.3, -0.25) is 0 Å². The Morgan fingerprint density at radius 1 is 1.38 bits per heavy atom. The van der Waals surface area contributed by atoms with Crippen LogP contribution in [0, 0.1) is 15.4 Å². The summed E-state index contributed by atoms with van der Waals surface area (Å²) in [6, 6.07) is 8.12. The second kappa shape index (κ2) is 8.76. The number of aliphatic hydroxyl groups is 1. The van der Waals surface area contributed by atoms with Gasteiger partial charge in [0.1, 0.15) is 0 Å². The lowest BCUT2D eigenvalue weighted by Crippen LogP contribution is -2.27. The zero-order valence-corrected chi connectivity index (χ0v) is 14.6. The van der Waals surface area contributed by atoms with Gasteiger partial charge in [-0.15, -0.1) is 0 Å². The van der Waals surface area contributed by atoms with Gasteiger partial charge in [-0.1, -0.05) is 25.1 Å². The molecule has 0 radical (unpaired) electrons.